The monoisotopic (exact) mass is 197 g/mol. The van der Waals surface area contributed by atoms with Crippen LogP contribution in [0.5, 0.6) is 0 Å². The topological polar surface area (TPSA) is 46.6 Å². The van der Waals surface area contributed by atoms with Crippen LogP contribution < -0.4 is 0 Å². The standard InChI is InChI=1S/C10H15NO3/c1-5-6-11(9(4)12)7-10(13)14-8(2)3/h1,8H,6-7H2,2-4H3. The molecule has 4 heteroatoms. The second-order valence-corrected chi connectivity index (χ2v) is 3.12. The van der Waals surface area contributed by atoms with Crippen molar-refractivity contribution >= 4 is 11.9 Å². The molecule has 14 heavy (non-hydrogen) atoms. The Morgan fingerprint density at radius 1 is 1.50 bits per heavy atom. The normalized spacial score (nSPS) is 9.36. The lowest BCUT2D eigenvalue weighted by Crippen LogP contribution is -2.35. The van der Waals surface area contributed by atoms with E-state index in [1.807, 2.05) is 0 Å². The molecular formula is C10H15NO3. The summed E-state index contributed by atoms with van der Waals surface area (Å²) in [6, 6.07) is 0. The summed E-state index contributed by atoms with van der Waals surface area (Å²) in [6.07, 6.45) is 4.87. The average molecular weight is 197 g/mol. The van der Waals surface area contributed by atoms with Crippen LogP contribution in [0.1, 0.15) is 20.8 Å². The summed E-state index contributed by atoms with van der Waals surface area (Å²) < 4.78 is 4.88. The molecule has 0 saturated heterocycles. The number of hydrogen-bond donors (Lipinski definition) is 0. The zero-order chi connectivity index (χ0) is 11.1. The van der Waals surface area contributed by atoms with Gasteiger partial charge in [0, 0.05) is 6.92 Å². The van der Waals surface area contributed by atoms with E-state index in [0.717, 1.165) is 0 Å². The Balaban J connectivity index is 4.11. The van der Waals surface area contributed by atoms with E-state index >= 15 is 0 Å². The van der Waals surface area contributed by atoms with E-state index in [1.54, 1.807) is 13.8 Å². The van der Waals surface area contributed by atoms with E-state index in [1.165, 1.54) is 11.8 Å². The van der Waals surface area contributed by atoms with E-state index in [4.69, 9.17) is 11.2 Å². The molecule has 0 unspecified atom stereocenters. The Kier molecular flexibility index (Phi) is 5.38. The minimum absolute atomic E-state index is 0.0856. The molecule has 1 amide bonds. The molecule has 0 rings (SSSR count). The van der Waals surface area contributed by atoms with Crippen LogP contribution in [0.3, 0.4) is 0 Å². The van der Waals surface area contributed by atoms with Gasteiger partial charge in [-0.25, -0.2) is 0 Å². The van der Waals surface area contributed by atoms with Crippen LogP contribution in [0.25, 0.3) is 0 Å². The number of nitrogens with zero attached hydrogens (tertiary/aromatic N) is 1. The molecule has 0 atom stereocenters. The van der Waals surface area contributed by atoms with Gasteiger partial charge in [0.2, 0.25) is 5.91 Å². The summed E-state index contributed by atoms with van der Waals surface area (Å²) >= 11 is 0. The number of esters is 1. The molecule has 0 bridgehead atoms. The number of rotatable bonds is 4. The number of carbonyl (C=O) groups is 2. The minimum atomic E-state index is -0.439. The number of amides is 1. The molecule has 0 aromatic heterocycles. The van der Waals surface area contributed by atoms with Gasteiger partial charge in [-0.1, -0.05) is 5.92 Å². The van der Waals surface area contributed by atoms with Crippen molar-refractivity contribution in [2.45, 2.75) is 26.9 Å². The van der Waals surface area contributed by atoms with Crippen molar-refractivity contribution in [2.75, 3.05) is 13.1 Å². The fourth-order valence-corrected chi connectivity index (χ4v) is 0.845. The Morgan fingerprint density at radius 2 is 2.07 bits per heavy atom. The maximum atomic E-state index is 11.2. The van der Waals surface area contributed by atoms with E-state index < -0.39 is 5.97 Å². The third-order valence-electron chi connectivity index (χ3n) is 1.41. The number of hydrogen-bond acceptors (Lipinski definition) is 3. The fraction of sp³-hybridized carbons (Fsp3) is 0.600. The lowest BCUT2D eigenvalue weighted by molar-refractivity contribution is -0.151. The largest absolute Gasteiger partial charge is 0.462 e. The van der Waals surface area contributed by atoms with Crippen LogP contribution in [-0.2, 0) is 14.3 Å². The summed E-state index contributed by atoms with van der Waals surface area (Å²) in [5.41, 5.74) is 0. The molecule has 0 saturated carbocycles. The highest BCUT2D eigenvalue weighted by Crippen LogP contribution is 1.94. The zero-order valence-corrected chi connectivity index (χ0v) is 8.74. The maximum Gasteiger partial charge on any atom is 0.325 e. The van der Waals surface area contributed by atoms with Crippen LogP contribution in [0, 0.1) is 12.3 Å². The summed E-state index contributed by atoms with van der Waals surface area (Å²) in [4.78, 5) is 23.4. The Bertz CT molecular complexity index is 253. The average Bonchev–Trinajstić information content (AvgIpc) is 2.01. The van der Waals surface area contributed by atoms with Crippen LogP contribution in [-0.4, -0.2) is 36.0 Å². The fourth-order valence-electron chi connectivity index (χ4n) is 0.845. The van der Waals surface area contributed by atoms with Gasteiger partial charge in [-0.3, -0.25) is 9.59 Å². The number of ether oxygens (including phenoxy) is 1. The molecule has 4 nitrogen and oxygen atoms in total. The highest BCUT2D eigenvalue weighted by atomic mass is 16.5. The summed E-state index contributed by atoms with van der Waals surface area (Å²) in [7, 11) is 0. The summed E-state index contributed by atoms with van der Waals surface area (Å²) in [5.74, 6) is 1.63. The minimum Gasteiger partial charge on any atom is -0.462 e. The van der Waals surface area contributed by atoms with Crippen molar-refractivity contribution in [2.24, 2.45) is 0 Å². The van der Waals surface area contributed by atoms with Crippen molar-refractivity contribution < 1.29 is 14.3 Å². The van der Waals surface area contributed by atoms with Gasteiger partial charge in [0.15, 0.2) is 0 Å². The second-order valence-electron chi connectivity index (χ2n) is 3.12. The molecule has 0 aromatic rings. The molecule has 0 aliphatic rings. The molecule has 0 fully saturated rings. The van der Waals surface area contributed by atoms with Crippen molar-refractivity contribution in [3.63, 3.8) is 0 Å². The van der Waals surface area contributed by atoms with Gasteiger partial charge in [0.05, 0.1) is 12.6 Å². The summed E-state index contributed by atoms with van der Waals surface area (Å²) in [5, 5.41) is 0. The molecule has 0 aliphatic carbocycles. The predicted octanol–water partition coefficient (Wildman–Crippen LogP) is 0.420. The smallest absolute Gasteiger partial charge is 0.325 e. The van der Waals surface area contributed by atoms with Gasteiger partial charge in [-0.05, 0) is 13.8 Å². The summed E-state index contributed by atoms with van der Waals surface area (Å²) in [6.45, 7) is 4.90. The van der Waals surface area contributed by atoms with Gasteiger partial charge in [-0.2, -0.15) is 0 Å². The van der Waals surface area contributed by atoms with Gasteiger partial charge >= 0.3 is 5.97 Å². The van der Waals surface area contributed by atoms with Gasteiger partial charge in [-0.15, -0.1) is 6.42 Å². The van der Waals surface area contributed by atoms with Crippen molar-refractivity contribution in [1.29, 1.82) is 0 Å². The van der Waals surface area contributed by atoms with Gasteiger partial charge in [0.1, 0.15) is 6.54 Å². The third-order valence-corrected chi connectivity index (χ3v) is 1.41. The Hall–Kier alpha value is -1.50. The molecule has 0 aliphatic heterocycles. The highest BCUT2D eigenvalue weighted by Gasteiger charge is 2.14. The molecule has 0 heterocycles. The predicted molar refractivity (Wildman–Crippen MR) is 52.3 cm³/mol. The first-order valence-corrected chi connectivity index (χ1v) is 4.35. The maximum absolute atomic E-state index is 11.2. The van der Waals surface area contributed by atoms with Crippen LogP contribution in [0.15, 0.2) is 0 Å². The quantitative estimate of drug-likeness (QED) is 0.484. The number of terminal acetylenes is 1. The molecule has 0 N–H and O–H groups in total. The van der Waals surface area contributed by atoms with Crippen LogP contribution in [0.2, 0.25) is 0 Å². The van der Waals surface area contributed by atoms with E-state index in [-0.39, 0.29) is 25.1 Å². The molecule has 78 valence electrons. The van der Waals surface area contributed by atoms with Crippen molar-refractivity contribution in [1.82, 2.24) is 4.90 Å². The Morgan fingerprint density at radius 3 is 2.43 bits per heavy atom. The van der Waals surface area contributed by atoms with Gasteiger partial charge < -0.3 is 9.64 Å². The first-order chi connectivity index (χ1) is 6.47. The molecule has 0 spiro atoms. The van der Waals surface area contributed by atoms with E-state index in [0.29, 0.717) is 0 Å². The third kappa shape index (κ3) is 5.20. The highest BCUT2D eigenvalue weighted by molar-refractivity contribution is 5.80. The van der Waals surface area contributed by atoms with Gasteiger partial charge in [0.25, 0.3) is 0 Å². The molecular weight excluding hydrogens is 182 g/mol. The van der Waals surface area contributed by atoms with Crippen molar-refractivity contribution in [3.05, 3.63) is 0 Å². The Labute approximate surface area is 84.2 Å². The SMILES string of the molecule is C#CCN(CC(=O)OC(C)C)C(C)=O. The molecule has 0 aromatic carbocycles. The molecule has 0 radical (unpaired) electrons. The van der Waals surface area contributed by atoms with E-state index in [2.05, 4.69) is 5.92 Å². The lowest BCUT2D eigenvalue weighted by Gasteiger charge is -2.17. The number of carbonyl (C=O) groups excluding carboxylic acids is 2. The van der Waals surface area contributed by atoms with E-state index in [9.17, 15) is 9.59 Å². The van der Waals surface area contributed by atoms with Crippen molar-refractivity contribution in [3.8, 4) is 12.3 Å². The first kappa shape index (κ1) is 12.5. The van der Waals surface area contributed by atoms with Crippen LogP contribution in [0.4, 0.5) is 0 Å². The first-order valence-electron chi connectivity index (χ1n) is 4.35. The van der Waals surface area contributed by atoms with Crippen LogP contribution >= 0.6 is 0 Å². The lowest BCUT2D eigenvalue weighted by atomic mass is 10.4. The second kappa shape index (κ2) is 6.03. The zero-order valence-electron chi connectivity index (χ0n) is 8.74.